The van der Waals surface area contributed by atoms with E-state index >= 15 is 0 Å². The molecule has 0 heterocycles. The average Bonchev–Trinajstić information content (AvgIpc) is 2.18. The molecule has 0 radical (unpaired) electrons. The van der Waals surface area contributed by atoms with Crippen LogP contribution in [-0.4, -0.2) is 11.1 Å². The zero-order chi connectivity index (χ0) is 11.4. The third-order valence-corrected chi connectivity index (χ3v) is 1.97. The molecule has 0 aliphatic carbocycles. The highest BCUT2D eigenvalue weighted by atomic mass is 19.2. The number of hydrogen-bond acceptors (Lipinski definition) is 1. The molecule has 0 aromatic heterocycles. The average molecular weight is 212 g/mol. The second kappa shape index (κ2) is 4.68. The van der Waals surface area contributed by atoms with E-state index in [4.69, 9.17) is 5.11 Å². The Morgan fingerprint density at radius 3 is 2.53 bits per heavy atom. The second-order valence-electron chi connectivity index (χ2n) is 2.99. The Morgan fingerprint density at radius 1 is 1.40 bits per heavy atom. The number of carboxylic acids is 1. The quantitative estimate of drug-likeness (QED) is 0.782. The highest BCUT2D eigenvalue weighted by Crippen LogP contribution is 2.20. The van der Waals surface area contributed by atoms with Crippen LogP contribution in [0.25, 0.3) is 5.57 Å². The smallest absolute Gasteiger partial charge is 0.328 e. The number of benzene rings is 1. The van der Waals surface area contributed by atoms with Crippen LogP contribution in [0.5, 0.6) is 0 Å². The molecule has 2 nitrogen and oxygen atoms in total. The normalized spacial score (nSPS) is 11.5. The molecule has 1 N–H and O–H groups in total. The van der Waals surface area contributed by atoms with E-state index in [9.17, 15) is 13.6 Å². The maximum absolute atomic E-state index is 12.9. The van der Waals surface area contributed by atoms with Gasteiger partial charge in [-0.15, -0.1) is 0 Å². The molecule has 0 aliphatic rings. The fraction of sp³-hybridized carbons (Fsp3) is 0.182. The van der Waals surface area contributed by atoms with Crippen LogP contribution in [0.15, 0.2) is 24.3 Å². The fourth-order valence-electron chi connectivity index (χ4n) is 1.23. The highest BCUT2D eigenvalue weighted by Gasteiger charge is 2.06. The molecule has 0 spiro atoms. The lowest BCUT2D eigenvalue weighted by atomic mass is 10.0. The monoisotopic (exact) mass is 212 g/mol. The first-order chi connectivity index (χ1) is 7.04. The molecule has 1 rings (SSSR count). The number of rotatable bonds is 3. The van der Waals surface area contributed by atoms with E-state index in [0.29, 0.717) is 17.6 Å². The van der Waals surface area contributed by atoms with Gasteiger partial charge in [0, 0.05) is 6.08 Å². The van der Waals surface area contributed by atoms with Gasteiger partial charge in [-0.05, 0) is 29.7 Å². The van der Waals surface area contributed by atoms with Gasteiger partial charge in [-0.3, -0.25) is 0 Å². The molecule has 0 saturated carbocycles. The number of carbonyl (C=O) groups is 1. The summed E-state index contributed by atoms with van der Waals surface area (Å²) in [5.41, 5.74) is 0.847. The van der Waals surface area contributed by atoms with E-state index in [1.165, 1.54) is 6.07 Å². The van der Waals surface area contributed by atoms with E-state index in [1.54, 1.807) is 6.92 Å². The molecule has 0 aliphatic heterocycles. The van der Waals surface area contributed by atoms with Gasteiger partial charge in [0.05, 0.1) is 0 Å². The molecule has 80 valence electrons. The third kappa shape index (κ3) is 2.87. The summed E-state index contributed by atoms with van der Waals surface area (Å²) < 4.78 is 25.5. The lowest BCUT2D eigenvalue weighted by Crippen LogP contribution is -1.93. The SMILES string of the molecule is CCC(=CC(=O)O)c1ccc(F)c(F)c1. The Labute approximate surface area is 85.9 Å². The van der Waals surface area contributed by atoms with E-state index in [-0.39, 0.29) is 0 Å². The van der Waals surface area contributed by atoms with Crippen LogP contribution in [-0.2, 0) is 4.79 Å². The van der Waals surface area contributed by atoms with Crippen LogP contribution in [0.2, 0.25) is 0 Å². The predicted octanol–water partition coefficient (Wildman–Crippen LogP) is 2.84. The summed E-state index contributed by atoms with van der Waals surface area (Å²) >= 11 is 0. The fourth-order valence-corrected chi connectivity index (χ4v) is 1.23. The Bertz CT molecular complexity index is 411. The van der Waals surface area contributed by atoms with Gasteiger partial charge >= 0.3 is 5.97 Å². The van der Waals surface area contributed by atoms with Gasteiger partial charge in [-0.2, -0.15) is 0 Å². The van der Waals surface area contributed by atoms with Crippen molar-refractivity contribution in [3.63, 3.8) is 0 Å². The van der Waals surface area contributed by atoms with Crippen LogP contribution in [0, 0.1) is 11.6 Å². The number of hydrogen-bond donors (Lipinski definition) is 1. The summed E-state index contributed by atoms with van der Waals surface area (Å²) in [6.07, 6.45) is 1.43. The van der Waals surface area contributed by atoms with Crippen LogP contribution in [0.3, 0.4) is 0 Å². The van der Waals surface area contributed by atoms with Gasteiger partial charge in [0.2, 0.25) is 0 Å². The number of halogens is 2. The lowest BCUT2D eigenvalue weighted by molar-refractivity contribution is -0.131. The molecule has 0 bridgehead atoms. The van der Waals surface area contributed by atoms with Gasteiger partial charge in [-0.1, -0.05) is 13.0 Å². The van der Waals surface area contributed by atoms with Gasteiger partial charge in [0.15, 0.2) is 11.6 Å². The Morgan fingerprint density at radius 2 is 2.07 bits per heavy atom. The van der Waals surface area contributed by atoms with Gasteiger partial charge in [0.1, 0.15) is 0 Å². The number of aliphatic carboxylic acids is 1. The molecule has 4 heteroatoms. The van der Waals surface area contributed by atoms with Crippen molar-refractivity contribution in [3.05, 3.63) is 41.5 Å². The van der Waals surface area contributed by atoms with Crippen LogP contribution in [0.1, 0.15) is 18.9 Å². The molecule has 0 amide bonds. The molecule has 0 unspecified atom stereocenters. The summed E-state index contributed by atoms with van der Waals surface area (Å²) in [5.74, 6) is -3.02. The first-order valence-electron chi connectivity index (χ1n) is 4.43. The second-order valence-corrected chi connectivity index (χ2v) is 2.99. The number of carboxylic acid groups (broad SMARTS) is 1. The van der Waals surface area contributed by atoms with Crippen LogP contribution in [0.4, 0.5) is 8.78 Å². The minimum atomic E-state index is -1.10. The van der Waals surface area contributed by atoms with E-state index < -0.39 is 17.6 Å². The van der Waals surface area contributed by atoms with Crippen molar-refractivity contribution >= 4 is 11.5 Å². The molecule has 0 saturated heterocycles. The van der Waals surface area contributed by atoms with Crippen molar-refractivity contribution in [1.82, 2.24) is 0 Å². The Hall–Kier alpha value is -1.71. The third-order valence-electron chi connectivity index (χ3n) is 1.97. The van der Waals surface area contributed by atoms with Crippen LogP contribution >= 0.6 is 0 Å². The van der Waals surface area contributed by atoms with E-state index in [2.05, 4.69) is 0 Å². The molecule has 0 fully saturated rings. The summed E-state index contributed by atoms with van der Waals surface area (Å²) in [4.78, 5) is 10.4. The van der Waals surface area contributed by atoms with Crippen molar-refractivity contribution in [2.24, 2.45) is 0 Å². The maximum atomic E-state index is 12.9. The summed E-state index contributed by atoms with van der Waals surface area (Å²) in [5, 5.41) is 8.56. The van der Waals surface area contributed by atoms with E-state index in [0.717, 1.165) is 18.2 Å². The van der Waals surface area contributed by atoms with Crippen molar-refractivity contribution in [3.8, 4) is 0 Å². The highest BCUT2D eigenvalue weighted by molar-refractivity contribution is 5.89. The first kappa shape index (κ1) is 11.4. The first-order valence-corrected chi connectivity index (χ1v) is 4.43. The zero-order valence-corrected chi connectivity index (χ0v) is 8.13. The lowest BCUT2D eigenvalue weighted by Gasteiger charge is -2.04. The van der Waals surface area contributed by atoms with Gasteiger partial charge in [0.25, 0.3) is 0 Å². The number of allylic oxidation sites excluding steroid dienone is 1. The largest absolute Gasteiger partial charge is 0.478 e. The molecule has 15 heavy (non-hydrogen) atoms. The standard InChI is InChI=1S/C11H10F2O2/c1-2-7(6-11(14)15)8-3-4-9(12)10(13)5-8/h3-6H,2H2,1H3,(H,14,15). The summed E-state index contributed by atoms with van der Waals surface area (Å²) in [6.45, 7) is 1.75. The minimum absolute atomic E-state index is 0.388. The molecular formula is C11H10F2O2. The van der Waals surface area contributed by atoms with Crippen molar-refractivity contribution in [1.29, 1.82) is 0 Å². The molecular weight excluding hydrogens is 202 g/mol. The molecule has 1 aromatic carbocycles. The Kier molecular flexibility index (Phi) is 3.55. The van der Waals surface area contributed by atoms with Gasteiger partial charge < -0.3 is 5.11 Å². The summed E-state index contributed by atoms with van der Waals surface area (Å²) in [7, 11) is 0. The minimum Gasteiger partial charge on any atom is -0.478 e. The molecule has 1 aromatic rings. The zero-order valence-electron chi connectivity index (χ0n) is 8.13. The van der Waals surface area contributed by atoms with Gasteiger partial charge in [-0.25, -0.2) is 13.6 Å². The predicted molar refractivity (Wildman–Crippen MR) is 52.3 cm³/mol. The Balaban J connectivity index is 3.14. The van der Waals surface area contributed by atoms with Crippen molar-refractivity contribution < 1.29 is 18.7 Å². The van der Waals surface area contributed by atoms with Crippen LogP contribution < -0.4 is 0 Å². The molecule has 0 atom stereocenters. The maximum Gasteiger partial charge on any atom is 0.328 e. The van der Waals surface area contributed by atoms with Crippen molar-refractivity contribution in [2.75, 3.05) is 0 Å². The summed E-state index contributed by atoms with van der Waals surface area (Å²) in [6, 6.07) is 3.33. The topological polar surface area (TPSA) is 37.3 Å². The van der Waals surface area contributed by atoms with E-state index in [1.807, 2.05) is 0 Å². The van der Waals surface area contributed by atoms with Crippen molar-refractivity contribution in [2.45, 2.75) is 13.3 Å².